The fourth-order valence-electron chi connectivity index (χ4n) is 2.06. The maximum Gasteiger partial charge on any atom is 0.0834 e. The van der Waals surface area contributed by atoms with E-state index in [1.807, 2.05) is 11.7 Å². The first-order valence-electron chi connectivity index (χ1n) is 5.65. The van der Waals surface area contributed by atoms with E-state index in [0.29, 0.717) is 18.6 Å². The van der Waals surface area contributed by atoms with Gasteiger partial charge in [0.25, 0.3) is 0 Å². The van der Waals surface area contributed by atoms with Crippen molar-refractivity contribution in [1.29, 1.82) is 0 Å². The molecule has 1 N–H and O–H groups in total. The van der Waals surface area contributed by atoms with Crippen LogP contribution in [-0.2, 0) is 11.3 Å². The molecule has 1 saturated carbocycles. The largest absolute Gasteiger partial charge is 0.383 e. The minimum absolute atomic E-state index is 0.326. The predicted molar refractivity (Wildman–Crippen MR) is 63.6 cm³/mol. The number of hydrogen-bond donors (Lipinski definition) is 1. The van der Waals surface area contributed by atoms with Gasteiger partial charge in [-0.2, -0.15) is 5.10 Å². The molecule has 1 atom stereocenters. The van der Waals surface area contributed by atoms with Gasteiger partial charge in [-0.25, -0.2) is 0 Å². The molecular weight excluding hydrogens is 226 g/mol. The first-order chi connectivity index (χ1) is 7.77. The Morgan fingerprint density at radius 3 is 3.00 bits per heavy atom. The summed E-state index contributed by atoms with van der Waals surface area (Å²) in [7, 11) is 3.67. The summed E-state index contributed by atoms with van der Waals surface area (Å²) in [5, 5.41) is 8.39. The summed E-state index contributed by atoms with van der Waals surface area (Å²) in [5.41, 5.74) is 1.10. The lowest BCUT2D eigenvalue weighted by Crippen LogP contribution is -2.23. The lowest BCUT2D eigenvalue weighted by molar-refractivity contribution is 0.181. The van der Waals surface area contributed by atoms with Gasteiger partial charge in [-0.15, -0.1) is 0 Å². The summed E-state index contributed by atoms with van der Waals surface area (Å²) >= 11 is 6.21. The van der Waals surface area contributed by atoms with Crippen LogP contribution in [0.15, 0.2) is 6.20 Å². The predicted octanol–water partition coefficient (Wildman–Crippen LogP) is 1.85. The number of ether oxygens (including phenoxy) is 1. The van der Waals surface area contributed by atoms with Crippen LogP contribution < -0.4 is 5.32 Å². The van der Waals surface area contributed by atoms with Crippen LogP contribution in [0.25, 0.3) is 0 Å². The molecule has 5 heteroatoms. The first kappa shape index (κ1) is 11.9. The highest BCUT2D eigenvalue weighted by Crippen LogP contribution is 2.42. The number of rotatable bonds is 6. The van der Waals surface area contributed by atoms with Gasteiger partial charge >= 0.3 is 0 Å². The van der Waals surface area contributed by atoms with E-state index in [1.165, 1.54) is 12.8 Å². The molecule has 0 aromatic carbocycles. The second kappa shape index (κ2) is 5.17. The number of halogens is 1. The highest BCUT2D eigenvalue weighted by Gasteiger charge is 2.34. The van der Waals surface area contributed by atoms with Crippen LogP contribution in [0.4, 0.5) is 0 Å². The number of nitrogens with zero attached hydrogens (tertiary/aromatic N) is 2. The van der Waals surface area contributed by atoms with Crippen molar-refractivity contribution in [3.05, 3.63) is 16.9 Å². The normalized spacial score (nSPS) is 17.7. The van der Waals surface area contributed by atoms with Gasteiger partial charge in [0.2, 0.25) is 0 Å². The standard InChI is InChI=1S/C11H18ClN3O/c1-13-10(8-3-4-8)11-9(12)7-14-15(11)5-6-16-2/h7-8,10,13H,3-6H2,1-2H3. The van der Waals surface area contributed by atoms with Crippen molar-refractivity contribution >= 4 is 11.6 Å². The van der Waals surface area contributed by atoms with Crippen LogP contribution in [-0.4, -0.2) is 30.5 Å². The van der Waals surface area contributed by atoms with Crippen molar-refractivity contribution in [3.8, 4) is 0 Å². The molecule has 1 heterocycles. The molecule has 0 saturated heterocycles. The van der Waals surface area contributed by atoms with Crippen LogP contribution >= 0.6 is 11.6 Å². The van der Waals surface area contributed by atoms with Crippen LogP contribution in [0.2, 0.25) is 5.02 Å². The molecule has 1 aliphatic carbocycles. The van der Waals surface area contributed by atoms with E-state index in [0.717, 1.165) is 17.3 Å². The van der Waals surface area contributed by atoms with Crippen LogP contribution in [0.5, 0.6) is 0 Å². The van der Waals surface area contributed by atoms with E-state index < -0.39 is 0 Å². The second-order valence-electron chi connectivity index (χ2n) is 4.20. The Hall–Kier alpha value is -0.580. The molecule has 1 unspecified atom stereocenters. The van der Waals surface area contributed by atoms with E-state index in [9.17, 15) is 0 Å². The van der Waals surface area contributed by atoms with Gasteiger partial charge < -0.3 is 10.1 Å². The van der Waals surface area contributed by atoms with Crippen LogP contribution in [0.1, 0.15) is 24.6 Å². The van der Waals surface area contributed by atoms with E-state index >= 15 is 0 Å². The highest BCUT2D eigenvalue weighted by atomic mass is 35.5. The molecule has 90 valence electrons. The molecular formula is C11H18ClN3O. The smallest absolute Gasteiger partial charge is 0.0834 e. The lowest BCUT2D eigenvalue weighted by atomic mass is 10.1. The summed E-state index contributed by atoms with van der Waals surface area (Å²) in [6, 6.07) is 0.326. The Bertz CT molecular complexity index is 349. The van der Waals surface area contributed by atoms with Gasteiger partial charge in [0.05, 0.1) is 36.1 Å². The van der Waals surface area contributed by atoms with Gasteiger partial charge in [-0.05, 0) is 25.8 Å². The summed E-state index contributed by atoms with van der Waals surface area (Å²) in [4.78, 5) is 0. The SMILES string of the molecule is CNC(c1c(Cl)cnn1CCOC)C1CC1. The summed E-state index contributed by atoms with van der Waals surface area (Å²) in [6.07, 6.45) is 4.27. The molecule has 0 radical (unpaired) electrons. The summed E-state index contributed by atoms with van der Waals surface area (Å²) in [6.45, 7) is 1.41. The number of aromatic nitrogens is 2. The zero-order chi connectivity index (χ0) is 11.5. The third-order valence-electron chi connectivity index (χ3n) is 3.04. The van der Waals surface area contributed by atoms with Gasteiger partial charge in [0, 0.05) is 7.11 Å². The third-order valence-corrected chi connectivity index (χ3v) is 3.33. The first-order valence-corrected chi connectivity index (χ1v) is 6.03. The van der Waals surface area contributed by atoms with E-state index in [1.54, 1.807) is 13.3 Å². The average Bonchev–Trinajstić information content (AvgIpc) is 3.05. The minimum Gasteiger partial charge on any atom is -0.383 e. The van der Waals surface area contributed by atoms with Crippen molar-refractivity contribution < 1.29 is 4.74 Å². The Morgan fingerprint density at radius 2 is 2.44 bits per heavy atom. The van der Waals surface area contributed by atoms with Crippen molar-refractivity contribution in [3.63, 3.8) is 0 Å². The fraction of sp³-hybridized carbons (Fsp3) is 0.727. The second-order valence-corrected chi connectivity index (χ2v) is 4.60. The van der Waals surface area contributed by atoms with Crippen LogP contribution in [0.3, 0.4) is 0 Å². The van der Waals surface area contributed by atoms with Crippen molar-refractivity contribution in [2.24, 2.45) is 5.92 Å². The Morgan fingerprint density at radius 1 is 1.69 bits per heavy atom. The van der Waals surface area contributed by atoms with Gasteiger partial charge in [-0.3, -0.25) is 4.68 Å². The molecule has 16 heavy (non-hydrogen) atoms. The van der Waals surface area contributed by atoms with Crippen molar-refractivity contribution in [1.82, 2.24) is 15.1 Å². The zero-order valence-corrected chi connectivity index (χ0v) is 10.5. The summed E-state index contributed by atoms with van der Waals surface area (Å²) < 4.78 is 7.02. The van der Waals surface area contributed by atoms with Crippen molar-refractivity contribution in [2.45, 2.75) is 25.4 Å². The molecule has 4 nitrogen and oxygen atoms in total. The Kier molecular flexibility index (Phi) is 3.84. The fourth-order valence-corrected chi connectivity index (χ4v) is 2.32. The molecule has 1 fully saturated rings. The topological polar surface area (TPSA) is 39.1 Å². The number of hydrogen-bond acceptors (Lipinski definition) is 3. The van der Waals surface area contributed by atoms with Crippen LogP contribution in [0, 0.1) is 5.92 Å². The molecule has 0 aliphatic heterocycles. The highest BCUT2D eigenvalue weighted by molar-refractivity contribution is 6.31. The van der Waals surface area contributed by atoms with Crippen molar-refractivity contribution in [2.75, 3.05) is 20.8 Å². The molecule has 1 aromatic heterocycles. The molecule has 1 aliphatic rings. The summed E-state index contributed by atoms with van der Waals surface area (Å²) in [5.74, 6) is 0.709. The molecule has 0 spiro atoms. The zero-order valence-electron chi connectivity index (χ0n) is 9.74. The van der Waals surface area contributed by atoms with Gasteiger partial charge in [-0.1, -0.05) is 11.6 Å². The number of methoxy groups -OCH3 is 1. The van der Waals surface area contributed by atoms with E-state index in [-0.39, 0.29) is 0 Å². The average molecular weight is 244 g/mol. The molecule has 2 rings (SSSR count). The molecule has 0 bridgehead atoms. The van der Waals surface area contributed by atoms with Gasteiger partial charge in [0.1, 0.15) is 0 Å². The minimum atomic E-state index is 0.326. The lowest BCUT2D eigenvalue weighted by Gasteiger charge is -2.18. The molecule has 0 amide bonds. The van der Waals surface area contributed by atoms with E-state index in [2.05, 4.69) is 10.4 Å². The monoisotopic (exact) mass is 243 g/mol. The molecule has 1 aromatic rings. The third kappa shape index (κ3) is 2.39. The maximum atomic E-state index is 6.21. The van der Waals surface area contributed by atoms with E-state index in [4.69, 9.17) is 16.3 Å². The number of nitrogens with one attached hydrogen (secondary N) is 1. The maximum absolute atomic E-state index is 6.21. The quantitative estimate of drug-likeness (QED) is 0.829. The Labute approximate surface area is 101 Å². The Balaban J connectivity index is 2.18. The van der Waals surface area contributed by atoms with Gasteiger partial charge in [0.15, 0.2) is 0 Å².